The summed E-state index contributed by atoms with van der Waals surface area (Å²) in [7, 11) is 0. The van der Waals surface area contributed by atoms with Crippen molar-refractivity contribution in [1.82, 2.24) is 14.6 Å². The molecule has 0 saturated heterocycles. The molecule has 100 valence electrons. The predicted octanol–water partition coefficient (Wildman–Crippen LogP) is 1.72. The molecular formula is C14H11N3O3. The fraction of sp³-hybridized carbons (Fsp3) is 0.0714. The molecule has 0 bridgehead atoms. The number of carboxylic acid groups (broad SMARTS) is 1. The fourth-order valence-corrected chi connectivity index (χ4v) is 1.98. The Kier molecular flexibility index (Phi) is 2.83. The van der Waals surface area contributed by atoms with E-state index in [1.54, 1.807) is 24.4 Å². The third-order valence-electron chi connectivity index (χ3n) is 2.90. The van der Waals surface area contributed by atoms with Crippen LogP contribution in [-0.2, 0) is 6.42 Å². The first kappa shape index (κ1) is 12.2. The monoisotopic (exact) mass is 269 g/mol. The van der Waals surface area contributed by atoms with Crippen LogP contribution in [0.5, 0.6) is 5.75 Å². The highest BCUT2D eigenvalue weighted by Crippen LogP contribution is 2.14. The van der Waals surface area contributed by atoms with Crippen molar-refractivity contribution in [3.05, 3.63) is 59.5 Å². The summed E-state index contributed by atoms with van der Waals surface area (Å²) in [6.07, 6.45) is 2.04. The Morgan fingerprint density at radius 1 is 1.25 bits per heavy atom. The van der Waals surface area contributed by atoms with Gasteiger partial charge in [0.05, 0.1) is 5.56 Å². The molecule has 0 spiro atoms. The summed E-state index contributed by atoms with van der Waals surface area (Å²) in [5.41, 5.74) is 1.55. The number of aromatic nitrogens is 3. The van der Waals surface area contributed by atoms with E-state index in [1.807, 2.05) is 6.07 Å². The molecule has 2 aromatic heterocycles. The quantitative estimate of drug-likeness (QED) is 0.756. The zero-order valence-corrected chi connectivity index (χ0v) is 10.4. The normalized spacial score (nSPS) is 10.8. The second-order valence-electron chi connectivity index (χ2n) is 4.40. The van der Waals surface area contributed by atoms with Gasteiger partial charge in [0.1, 0.15) is 5.75 Å². The van der Waals surface area contributed by atoms with E-state index >= 15 is 0 Å². The second-order valence-corrected chi connectivity index (χ2v) is 4.40. The number of aromatic hydroxyl groups is 1. The average molecular weight is 269 g/mol. The Morgan fingerprint density at radius 3 is 2.85 bits per heavy atom. The minimum Gasteiger partial charge on any atom is -0.508 e. The van der Waals surface area contributed by atoms with E-state index in [2.05, 4.69) is 10.1 Å². The molecule has 3 rings (SSSR count). The van der Waals surface area contributed by atoms with Crippen LogP contribution >= 0.6 is 0 Å². The zero-order valence-electron chi connectivity index (χ0n) is 10.4. The highest BCUT2D eigenvalue weighted by atomic mass is 16.4. The number of phenols is 1. The first-order valence-corrected chi connectivity index (χ1v) is 5.98. The first-order chi connectivity index (χ1) is 9.61. The van der Waals surface area contributed by atoms with Crippen LogP contribution in [0.3, 0.4) is 0 Å². The zero-order chi connectivity index (χ0) is 14.1. The fourth-order valence-electron chi connectivity index (χ4n) is 1.98. The van der Waals surface area contributed by atoms with E-state index in [0.29, 0.717) is 17.9 Å². The summed E-state index contributed by atoms with van der Waals surface area (Å²) >= 11 is 0. The molecule has 2 N–H and O–H groups in total. The highest BCUT2D eigenvalue weighted by molar-refractivity contribution is 5.88. The number of fused-ring (bicyclic) bond motifs is 1. The van der Waals surface area contributed by atoms with E-state index in [1.165, 1.54) is 16.6 Å². The maximum absolute atomic E-state index is 10.9. The smallest absolute Gasteiger partial charge is 0.335 e. The van der Waals surface area contributed by atoms with Crippen LogP contribution in [0.2, 0.25) is 0 Å². The molecule has 0 aliphatic rings. The van der Waals surface area contributed by atoms with Gasteiger partial charge in [-0.3, -0.25) is 0 Å². The molecule has 0 unspecified atom stereocenters. The molecule has 1 aromatic carbocycles. The van der Waals surface area contributed by atoms with Crippen LogP contribution in [-0.4, -0.2) is 30.8 Å². The van der Waals surface area contributed by atoms with Crippen molar-refractivity contribution >= 4 is 11.6 Å². The van der Waals surface area contributed by atoms with Crippen LogP contribution in [0.25, 0.3) is 5.65 Å². The molecule has 0 aliphatic heterocycles. The van der Waals surface area contributed by atoms with Gasteiger partial charge in [0.25, 0.3) is 0 Å². The number of hydrogen-bond donors (Lipinski definition) is 2. The van der Waals surface area contributed by atoms with Gasteiger partial charge in [0.15, 0.2) is 11.5 Å². The van der Waals surface area contributed by atoms with Crippen LogP contribution in [0, 0.1) is 0 Å². The van der Waals surface area contributed by atoms with E-state index in [4.69, 9.17) is 5.11 Å². The summed E-state index contributed by atoms with van der Waals surface area (Å²) in [6.45, 7) is 0. The number of phenolic OH excluding ortho intramolecular Hbond substituents is 1. The topological polar surface area (TPSA) is 87.7 Å². The number of nitrogens with zero attached hydrogens (tertiary/aromatic N) is 3. The summed E-state index contributed by atoms with van der Waals surface area (Å²) in [5.74, 6) is -0.234. The lowest BCUT2D eigenvalue weighted by molar-refractivity contribution is 0.0697. The SMILES string of the molecule is O=C(O)c1ccn2nc(Cc3cccc(O)c3)nc2c1. The van der Waals surface area contributed by atoms with E-state index in [9.17, 15) is 9.90 Å². The Morgan fingerprint density at radius 2 is 2.10 bits per heavy atom. The van der Waals surface area contributed by atoms with Crippen LogP contribution < -0.4 is 0 Å². The molecule has 3 aromatic rings. The number of carboxylic acids is 1. The molecule has 0 saturated carbocycles. The van der Waals surface area contributed by atoms with Crippen LogP contribution in [0.15, 0.2) is 42.6 Å². The lowest BCUT2D eigenvalue weighted by atomic mass is 10.1. The lowest BCUT2D eigenvalue weighted by Crippen LogP contribution is -1.97. The number of benzene rings is 1. The maximum atomic E-state index is 10.9. The lowest BCUT2D eigenvalue weighted by Gasteiger charge is -1.97. The Balaban J connectivity index is 1.95. The van der Waals surface area contributed by atoms with Crippen molar-refractivity contribution in [2.75, 3.05) is 0 Å². The largest absolute Gasteiger partial charge is 0.508 e. The van der Waals surface area contributed by atoms with Crippen molar-refractivity contribution in [3.63, 3.8) is 0 Å². The van der Waals surface area contributed by atoms with E-state index in [-0.39, 0.29) is 11.3 Å². The minimum atomic E-state index is -0.995. The van der Waals surface area contributed by atoms with Gasteiger partial charge in [-0.25, -0.2) is 14.3 Å². The van der Waals surface area contributed by atoms with Crippen LogP contribution in [0.4, 0.5) is 0 Å². The van der Waals surface area contributed by atoms with Gasteiger partial charge in [-0.15, -0.1) is 0 Å². The molecule has 20 heavy (non-hydrogen) atoms. The van der Waals surface area contributed by atoms with Gasteiger partial charge in [-0.05, 0) is 29.8 Å². The second kappa shape index (κ2) is 4.65. The van der Waals surface area contributed by atoms with E-state index < -0.39 is 5.97 Å². The number of rotatable bonds is 3. The molecule has 0 aliphatic carbocycles. The molecular weight excluding hydrogens is 258 g/mol. The molecule has 6 nitrogen and oxygen atoms in total. The number of hydrogen-bond acceptors (Lipinski definition) is 4. The molecule has 0 radical (unpaired) electrons. The van der Waals surface area contributed by atoms with Crippen molar-refractivity contribution in [2.24, 2.45) is 0 Å². The highest BCUT2D eigenvalue weighted by Gasteiger charge is 2.08. The van der Waals surface area contributed by atoms with Gasteiger partial charge in [-0.1, -0.05) is 12.1 Å². The summed E-state index contributed by atoms with van der Waals surface area (Å²) in [6, 6.07) is 9.81. The average Bonchev–Trinajstić information content (AvgIpc) is 2.79. The summed E-state index contributed by atoms with van der Waals surface area (Å²) in [4.78, 5) is 15.2. The third kappa shape index (κ3) is 2.31. The summed E-state index contributed by atoms with van der Waals surface area (Å²) < 4.78 is 1.53. The number of aromatic carboxylic acids is 1. The molecule has 6 heteroatoms. The Hall–Kier alpha value is -2.89. The van der Waals surface area contributed by atoms with Gasteiger partial charge >= 0.3 is 5.97 Å². The Bertz CT molecular complexity index is 795. The third-order valence-corrected chi connectivity index (χ3v) is 2.90. The molecule has 0 fully saturated rings. The van der Waals surface area contributed by atoms with Gasteiger partial charge < -0.3 is 10.2 Å². The maximum Gasteiger partial charge on any atom is 0.335 e. The van der Waals surface area contributed by atoms with Crippen molar-refractivity contribution in [1.29, 1.82) is 0 Å². The van der Waals surface area contributed by atoms with E-state index in [0.717, 1.165) is 5.56 Å². The standard InChI is InChI=1S/C14H11N3O3/c18-11-3-1-2-9(6-11)7-12-15-13-8-10(14(19)20)4-5-17(13)16-12/h1-6,8,18H,7H2,(H,19,20). The van der Waals surface area contributed by atoms with Crippen molar-refractivity contribution in [3.8, 4) is 5.75 Å². The van der Waals surface area contributed by atoms with Crippen molar-refractivity contribution < 1.29 is 15.0 Å². The van der Waals surface area contributed by atoms with Gasteiger partial charge in [0, 0.05) is 12.6 Å². The van der Waals surface area contributed by atoms with Gasteiger partial charge in [0.2, 0.25) is 0 Å². The van der Waals surface area contributed by atoms with Crippen molar-refractivity contribution in [2.45, 2.75) is 6.42 Å². The first-order valence-electron chi connectivity index (χ1n) is 5.98. The number of carbonyl (C=O) groups is 1. The molecule has 2 heterocycles. The Labute approximate surface area is 113 Å². The molecule has 0 atom stereocenters. The minimum absolute atomic E-state index is 0.175. The predicted molar refractivity (Wildman–Crippen MR) is 70.9 cm³/mol. The van der Waals surface area contributed by atoms with Gasteiger partial charge in [-0.2, -0.15) is 5.10 Å². The summed E-state index contributed by atoms with van der Waals surface area (Å²) in [5, 5.41) is 22.6. The van der Waals surface area contributed by atoms with Crippen LogP contribution in [0.1, 0.15) is 21.7 Å². The number of pyridine rings is 1. The molecule has 0 amide bonds.